The summed E-state index contributed by atoms with van der Waals surface area (Å²) in [5, 5.41) is 4.62. The van der Waals surface area contributed by atoms with Crippen LogP contribution in [0.4, 0.5) is 0 Å². The van der Waals surface area contributed by atoms with Crippen molar-refractivity contribution in [3.8, 4) is 56.5 Å². The van der Waals surface area contributed by atoms with Gasteiger partial charge in [-0.2, -0.15) is 0 Å². The zero-order valence-electron chi connectivity index (χ0n) is 26.6. The molecule has 6 aromatic carbocycles. The third-order valence-corrected chi connectivity index (χ3v) is 10.2. The van der Waals surface area contributed by atoms with Gasteiger partial charge in [-0.3, -0.25) is 0 Å². The van der Waals surface area contributed by atoms with Crippen molar-refractivity contribution in [3.63, 3.8) is 0 Å². The van der Waals surface area contributed by atoms with Gasteiger partial charge >= 0.3 is 0 Å². The second-order valence-corrected chi connectivity index (χ2v) is 13.3. The lowest BCUT2D eigenvalue weighted by Gasteiger charge is -2.09. The number of pyridine rings is 1. The zero-order chi connectivity index (χ0) is 33.0. The summed E-state index contributed by atoms with van der Waals surface area (Å²) in [6.07, 6.45) is 0. The molecule has 0 aliphatic rings. The summed E-state index contributed by atoms with van der Waals surface area (Å²) in [5.74, 6) is 1.93. The van der Waals surface area contributed by atoms with Crippen molar-refractivity contribution < 1.29 is 4.42 Å². The summed E-state index contributed by atoms with van der Waals surface area (Å²) >= 11 is 1.73. The SMILES string of the molecule is c1ccc(-c2nc(-c3ccccc3)nc(-c3ccc(-c4ccc(-c5nc6sc7ccccc7c6c6c5oc5ccccc56)cc4)cc3)n2)cc1. The van der Waals surface area contributed by atoms with E-state index in [4.69, 9.17) is 24.4 Å². The van der Waals surface area contributed by atoms with Crippen molar-refractivity contribution in [3.05, 3.63) is 158 Å². The standard InChI is InChI=1S/C44H26N4OS/c1-3-11-30(12-4-1)41-46-42(31-13-5-2-6-14-31)48-43(47-41)32-25-21-28(22-26-32)27-19-23-29(24-20-27)39-40-37(33-15-7-9-17-35(33)49-40)38-34-16-8-10-18-36(34)50-44(38)45-39/h1-26H. The van der Waals surface area contributed by atoms with E-state index in [-0.39, 0.29) is 0 Å². The Kier molecular flexibility index (Phi) is 6.60. The molecule has 0 fully saturated rings. The molecule has 234 valence electrons. The highest BCUT2D eigenvalue weighted by atomic mass is 32.1. The van der Waals surface area contributed by atoms with Gasteiger partial charge in [0.25, 0.3) is 0 Å². The van der Waals surface area contributed by atoms with Crippen LogP contribution in [-0.2, 0) is 0 Å². The summed E-state index contributed by atoms with van der Waals surface area (Å²) in [4.78, 5) is 20.8. The van der Waals surface area contributed by atoms with Gasteiger partial charge in [-0.1, -0.05) is 146 Å². The molecule has 0 spiro atoms. The first kappa shape index (κ1) is 28.5. The molecule has 4 aromatic heterocycles. The Labute approximate surface area is 291 Å². The van der Waals surface area contributed by atoms with Gasteiger partial charge in [-0.15, -0.1) is 11.3 Å². The lowest BCUT2D eigenvalue weighted by Crippen LogP contribution is -2.00. The van der Waals surface area contributed by atoms with E-state index < -0.39 is 0 Å². The minimum atomic E-state index is 0.636. The van der Waals surface area contributed by atoms with Crippen molar-refractivity contribution in [2.75, 3.05) is 0 Å². The molecule has 0 atom stereocenters. The van der Waals surface area contributed by atoms with E-state index in [9.17, 15) is 0 Å². The van der Waals surface area contributed by atoms with Gasteiger partial charge < -0.3 is 4.42 Å². The number of fused-ring (bicyclic) bond motifs is 7. The van der Waals surface area contributed by atoms with E-state index in [0.29, 0.717) is 17.5 Å². The van der Waals surface area contributed by atoms with Crippen LogP contribution < -0.4 is 0 Å². The molecule has 0 bridgehead atoms. The molecular formula is C44H26N4OS. The number of para-hydroxylation sites is 1. The smallest absolute Gasteiger partial charge is 0.164 e. The molecule has 50 heavy (non-hydrogen) atoms. The maximum atomic E-state index is 6.53. The van der Waals surface area contributed by atoms with Crippen molar-refractivity contribution in [2.24, 2.45) is 0 Å². The van der Waals surface area contributed by atoms with E-state index in [0.717, 1.165) is 71.2 Å². The van der Waals surface area contributed by atoms with E-state index in [1.165, 1.54) is 10.1 Å². The van der Waals surface area contributed by atoms with Gasteiger partial charge in [0.05, 0.1) is 0 Å². The highest BCUT2D eigenvalue weighted by molar-refractivity contribution is 7.25. The van der Waals surface area contributed by atoms with Crippen LogP contribution in [0.5, 0.6) is 0 Å². The van der Waals surface area contributed by atoms with Crippen LogP contribution >= 0.6 is 11.3 Å². The molecule has 5 nitrogen and oxygen atoms in total. The molecule has 6 heteroatoms. The van der Waals surface area contributed by atoms with Crippen LogP contribution in [0.1, 0.15) is 0 Å². The number of benzene rings is 6. The Hall–Kier alpha value is -6.50. The summed E-state index contributed by atoms with van der Waals surface area (Å²) in [6, 6.07) is 53.9. The first-order valence-electron chi connectivity index (χ1n) is 16.5. The van der Waals surface area contributed by atoms with Crippen LogP contribution in [0.3, 0.4) is 0 Å². The Morgan fingerprint density at radius 2 is 0.860 bits per heavy atom. The molecule has 0 amide bonds. The Morgan fingerprint density at radius 1 is 0.380 bits per heavy atom. The molecule has 0 aliphatic carbocycles. The summed E-state index contributed by atoms with van der Waals surface area (Å²) in [5.41, 5.74) is 8.59. The molecule has 0 saturated heterocycles. The topological polar surface area (TPSA) is 64.7 Å². The maximum Gasteiger partial charge on any atom is 0.164 e. The number of hydrogen-bond donors (Lipinski definition) is 0. The van der Waals surface area contributed by atoms with Gasteiger partial charge in [-0.25, -0.2) is 19.9 Å². The quantitative estimate of drug-likeness (QED) is 0.184. The van der Waals surface area contributed by atoms with Crippen molar-refractivity contribution in [2.45, 2.75) is 0 Å². The fourth-order valence-electron chi connectivity index (χ4n) is 6.73. The van der Waals surface area contributed by atoms with E-state index in [1.54, 1.807) is 11.3 Å². The van der Waals surface area contributed by atoms with E-state index in [2.05, 4.69) is 84.9 Å². The first-order valence-corrected chi connectivity index (χ1v) is 17.3. The molecule has 0 unspecified atom stereocenters. The molecular weight excluding hydrogens is 633 g/mol. The monoisotopic (exact) mass is 658 g/mol. The van der Waals surface area contributed by atoms with Crippen molar-refractivity contribution in [1.29, 1.82) is 0 Å². The van der Waals surface area contributed by atoms with Gasteiger partial charge in [0, 0.05) is 48.5 Å². The summed E-state index contributed by atoms with van der Waals surface area (Å²) in [7, 11) is 0. The maximum absolute atomic E-state index is 6.53. The lowest BCUT2D eigenvalue weighted by atomic mass is 10.00. The van der Waals surface area contributed by atoms with Crippen LogP contribution in [0.15, 0.2) is 162 Å². The molecule has 10 aromatic rings. The fraction of sp³-hybridized carbons (Fsp3) is 0. The second-order valence-electron chi connectivity index (χ2n) is 12.2. The number of nitrogens with zero attached hydrogens (tertiary/aromatic N) is 4. The number of thiophene rings is 1. The molecule has 0 radical (unpaired) electrons. The van der Waals surface area contributed by atoms with Gasteiger partial charge in [0.1, 0.15) is 16.1 Å². The predicted octanol–water partition coefficient (Wildman–Crippen LogP) is 11.9. The van der Waals surface area contributed by atoms with Gasteiger partial charge in [0.2, 0.25) is 0 Å². The summed E-state index contributed by atoms with van der Waals surface area (Å²) in [6.45, 7) is 0. The normalized spacial score (nSPS) is 11.6. The molecule has 0 N–H and O–H groups in total. The van der Waals surface area contributed by atoms with E-state index in [1.807, 2.05) is 72.8 Å². The van der Waals surface area contributed by atoms with Crippen molar-refractivity contribution in [1.82, 2.24) is 19.9 Å². The average molecular weight is 659 g/mol. The number of furan rings is 1. The van der Waals surface area contributed by atoms with Gasteiger partial charge in [0.15, 0.2) is 23.1 Å². The zero-order valence-corrected chi connectivity index (χ0v) is 27.4. The van der Waals surface area contributed by atoms with Crippen LogP contribution in [-0.4, -0.2) is 19.9 Å². The Balaban J connectivity index is 1.03. The van der Waals surface area contributed by atoms with Crippen LogP contribution in [0, 0.1) is 0 Å². The van der Waals surface area contributed by atoms with Crippen LogP contribution in [0.2, 0.25) is 0 Å². The van der Waals surface area contributed by atoms with Crippen molar-refractivity contribution >= 4 is 53.6 Å². The predicted molar refractivity (Wildman–Crippen MR) is 205 cm³/mol. The highest BCUT2D eigenvalue weighted by Crippen LogP contribution is 2.44. The largest absolute Gasteiger partial charge is 0.454 e. The molecule has 0 aliphatic heterocycles. The molecule has 0 saturated carbocycles. The third kappa shape index (κ3) is 4.77. The minimum absolute atomic E-state index is 0.636. The number of hydrogen-bond acceptors (Lipinski definition) is 6. The average Bonchev–Trinajstić information content (AvgIpc) is 3.77. The summed E-state index contributed by atoms with van der Waals surface area (Å²) < 4.78 is 7.76. The minimum Gasteiger partial charge on any atom is -0.454 e. The highest BCUT2D eigenvalue weighted by Gasteiger charge is 2.21. The molecule has 4 heterocycles. The van der Waals surface area contributed by atoms with Crippen LogP contribution in [0.25, 0.3) is 98.8 Å². The number of rotatable bonds is 5. The molecule has 10 rings (SSSR count). The third-order valence-electron chi connectivity index (χ3n) is 9.18. The first-order chi connectivity index (χ1) is 24.8. The number of aromatic nitrogens is 4. The fourth-order valence-corrected chi connectivity index (χ4v) is 7.82. The lowest BCUT2D eigenvalue weighted by molar-refractivity contribution is 0.669. The van der Waals surface area contributed by atoms with E-state index >= 15 is 0 Å². The second kappa shape index (κ2) is 11.6. The van der Waals surface area contributed by atoms with Gasteiger partial charge in [-0.05, 0) is 23.3 Å². The Morgan fingerprint density at radius 3 is 1.48 bits per heavy atom. The Bertz CT molecular complexity index is 2790.